The molecule has 0 unspecified atom stereocenters. The van der Waals surface area contributed by atoms with Gasteiger partial charge in [-0.3, -0.25) is 4.79 Å². The summed E-state index contributed by atoms with van der Waals surface area (Å²) in [4.78, 5) is 11.5. The fourth-order valence-electron chi connectivity index (χ4n) is 7.28. The summed E-state index contributed by atoms with van der Waals surface area (Å²) in [5, 5.41) is 32.0. The highest BCUT2D eigenvalue weighted by Gasteiger charge is 2.54. The van der Waals surface area contributed by atoms with Crippen LogP contribution >= 0.6 is 0 Å². The van der Waals surface area contributed by atoms with Crippen LogP contribution in [0.25, 0.3) is 0 Å². The molecule has 7 atom stereocenters. The summed E-state index contributed by atoms with van der Waals surface area (Å²) in [6.45, 7) is 5.94. The van der Waals surface area contributed by atoms with Crippen molar-refractivity contribution in [1.82, 2.24) is 0 Å². The maximum Gasteiger partial charge on any atom is 0.302 e. The molecule has 0 radical (unpaired) electrons. The van der Waals surface area contributed by atoms with Crippen LogP contribution in [0.2, 0.25) is 0 Å². The number of esters is 1. The number of carbonyl (C=O) groups excluding carboxylic acids is 1. The van der Waals surface area contributed by atoms with E-state index in [4.69, 9.17) is 4.74 Å². The number of aliphatic hydroxyl groups is 3. The topological polar surface area (TPSA) is 87.0 Å². The van der Waals surface area contributed by atoms with E-state index in [0.717, 1.165) is 31.2 Å². The number of hydrogen-bond donors (Lipinski definition) is 3. The zero-order chi connectivity index (χ0) is 23.1. The first-order valence-electron chi connectivity index (χ1n) is 12.1. The standard InChI is InChI=1S/C27H38O5/c1-17(30)32-20-11-12-26(2,19(13-20)15-28)23-9-10-24-21(22(23)16-29)14-25(31)27(24,3)18-7-5-4-6-8-18/h4-8,19-20,22-23,25,28-29,31H,9-16H2,1-3H3/t19-,20+,22+,23+,25-,26+,27+/m1/s1. The fourth-order valence-corrected chi connectivity index (χ4v) is 7.28. The van der Waals surface area contributed by atoms with Crippen LogP contribution in [0.5, 0.6) is 0 Å². The number of aliphatic hydroxyl groups excluding tert-OH is 3. The highest BCUT2D eigenvalue weighted by Crippen LogP contribution is 2.59. The molecule has 1 saturated carbocycles. The Hall–Kier alpha value is -1.69. The van der Waals surface area contributed by atoms with Crippen molar-refractivity contribution in [2.45, 2.75) is 76.9 Å². The molecule has 5 heteroatoms. The van der Waals surface area contributed by atoms with Crippen molar-refractivity contribution in [3.05, 3.63) is 47.0 Å². The summed E-state index contributed by atoms with van der Waals surface area (Å²) in [6, 6.07) is 10.2. The largest absolute Gasteiger partial charge is 0.463 e. The maximum atomic E-state index is 11.5. The molecule has 3 N–H and O–H groups in total. The molecule has 0 amide bonds. The van der Waals surface area contributed by atoms with Crippen LogP contribution in [-0.2, 0) is 14.9 Å². The van der Waals surface area contributed by atoms with E-state index in [2.05, 4.69) is 26.0 Å². The van der Waals surface area contributed by atoms with E-state index in [1.807, 2.05) is 18.2 Å². The van der Waals surface area contributed by atoms with Gasteiger partial charge in [-0.1, -0.05) is 48.4 Å². The Bertz CT molecular complexity index is 864. The third kappa shape index (κ3) is 3.72. The Balaban J connectivity index is 1.65. The van der Waals surface area contributed by atoms with Gasteiger partial charge in [0.25, 0.3) is 0 Å². The third-order valence-electron chi connectivity index (χ3n) is 9.19. The van der Waals surface area contributed by atoms with Crippen LogP contribution in [0.3, 0.4) is 0 Å². The first kappa shape index (κ1) is 23.5. The maximum absolute atomic E-state index is 11.5. The Kier molecular flexibility index (Phi) is 6.54. The number of benzene rings is 1. The quantitative estimate of drug-likeness (QED) is 0.478. The number of ether oxygens (including phenoxy) is 1. The van der Waals surface area contributed by atoms with Gasteiger partial charge < -0.3 is 20.1 Å². The average Bonchev–Trinajstić information content (AvgIpc) is 3.05. The van der Waals surface area contributed by atoms with Crippen molar-refractivity contribution in [2.75, 3.05) is 13.2 Å². The van der Waals surface area contributed by atoms with E-state index in [1.54, 1.807) is 0 Å². The van der Waals surface area contributed by atoms with Crippen LogP contribution in [-0.4, -0.2) is 46.7 Å². The molecular formula is C27H38O5. The van der Waals surface area contributed by atoms with Crippen LogP contribution < -0.4 is 0 Å². The van der Waals surface area contributed by atoms with Gasteiger partial charge in [0.05, 0.1) is 6.10 Å². The van der Waals surface area contributed by atoms with Gasteiger partial charge in [-0.05, 0) is 68.3 Å². The van der Waals surface area contributed by atoms with E-state index in [0.29, 0.717) is 12.8 Å². The fraction of sp³-hybridized carbons (Fsp3) is 0.667. The lowest BCUT2D eigenvalue weighted by Gasteiger charge is -2.52. The number of hydrogen-bond acceptors (Lipinski definition) is 5. The van der Waals surface area contributed by atoms with Gasteiger partial charge in [0.1, 0.15) is 6.10 Å². The minimum atomic E-state index is -0.496. The molecule has 1 fully saturated rings. The molecule has 0 aliphatic heterocycles. The van der Waals surface area contributed by atoms with Crippen molar-refractivity contribution in [2.24, 2.45) is 23.2 Å². The molecule has 32 heavy (non-hydrogen) atoms. The second kappa shape index (κ2) is 8.92. The predicted molar refractivity (Wildman–Crippen MR) is 123 cm³/mol. The summed E-state index contributed by atoms with van der Waals surface area (Å²) in [7, 11) is 0. The lowest BCUT2D eigenvalue weighted by atomic mass is 9.53. The SMILES string of the molecule is CC(=O)O[C@H]1CC[C@](C)([C@H]2CCC3=C(C[C@@H](O)[C@@]3(C)c3ccccc3)[C@@H]2CO)[C@@H](CO)C1. The highest BCUT2D eigenvalue weighted by molar-refractivity contribution is 5.66. The molecule has 1 aromatic carbocycles. The van der Waals surface area contributed by atoms with Crippen LogP contribution in [0.1, 0.15) is 64.9 Å². The van der Waals surface area contributed by atoms with Crippen molar-refractivity contribution in [3.8, 4) is 0 Å². The first-order valence-corrected chi connectivity index (χ1v) is 12.1. The van der Waals surface area contributed by atoms with E-state index in [9.17, 15) is 20.1 Å². The highest BCUT2D eigenvalue weighted by atomic mass is 16.5. The number of rotatable bonds is 5. The third-order valence-corrected chi connectivity index (χ3v) is 9.19. The zero-order valence-electron chi connectivity index (χ0n) is 19.6. The summed E-state index contributed by atoms with van der Waals surface area (Å²) < 4.78 is 5.47. The van der Waals surface area contributed by atoms with Gasteiger partial charge >= 0.3 is 5.97 Å². The lowest BCUT2D eigenvalue weighted by Crippen LogP contribution is -2.48. The normalized spacial score (nSPS) is 39.6. The molecule has 3 aliphatic rings. The van der Waals surface area contributed by atoms with Crippen molar-refractivity contribution >= 4 is 5.97 Å². The minimum Gasteiger partial charge on any atom is -0.463 e. The first-order chi connectivity index (χ1) is 15.3. The van der Waals surface area contributed by atoms with E-state index in [-0.39, 0.29) is 48.5 Å². The van der Waals surface area contributed by atoms with E-state index >= 15 is 0 Å². The van der Waals surface area contributed by atoms with Gasteiger partial charge in [0.2, 0.25) is 0 Å². The van der Waals surface area contributed by atoms with Crippen molar-refractivity contribution < 1.29 is 24.9 Å². The molecule has 5 nitrogen and oxygen atoms in total. The predicted octanol–water partition coefficient (Wildman–Crippen LogP) is 3.75. The van der Waals surface area contributed by atoms with Crippen molar-refractivity contribution in [3.63, 3.8) is 0 Å². The van der Waals surface area contributed by atoms with Crippen LogP contribution in [0.4, 0.5) is 0 Å². The second-order valence-electron chi connectivity index (χ2n) is 10.6. The zero-order valence-corrected chi connectivity index (χ0v) is 19.6. The van der Waals surface area contributed by atoms with Gasteiger partial charge in [0.15, 0.2) is 0 Å². The summed E-state index contributed by atoms with van der Waals surface area (Å²) >= 11 is 0. The average molecular weight is 443 g/mol. The summed E-state index contributed by atoms with van der Waals surface area (Å²) in [6.07, 6.45) is 4.11. The van der Waals surface area contributed by atoms with E-state index in [1.165, 1.54) is 18.1 Å². The molecular weight excluding hydrogens is 404 g/mol. The van der Waals surface area contributed by atoms with Gasteiger partial charge in [-0.2, -0.15) is 0 Å². The molecule has 176 valence electrons. The van der Waals surface area contributed by atoms with Crippen LogP contribution in [0.15, 0.2) is 41.5 Å². The summed E-state index contributed by atoms with van der Waals surface area (Å²) in [5.74, 6) is -0.0278. The minimum absolute atomic E-state index is 0.0109. The van der Waals surface area contributed by atoms with Crippen LogP contribution in [0, 0.1) is 23.2 Å². The molecule has 4 rings (SSSR count). The Morgan fingerprint density at radius 2 is 1.84 bits per heavy atom. The molecule has 0 bridgehead atoms. The molecule has 3 aliphatic carbocycles. The monoisotopic (exact) mass is 442 g/mol. The van der Waals surface area contributed by atoms with Gasteiger partial charge in [-0.25, -0.2) is 0 Å². The Labute approximate surface area is 191 Å². The Morgan fingerprint density at radius 3 is 2.47 bits per heavy atom. The summed E-state index contributed by atoms with van der Waals surface area (Å²) in [5.41, 5.74) is 3.09. The molecule has 0 heterocycles. The molecule has 0 spiro atoms. The van der Waals surface area contributed by atoms with Gasteiger partial charge in [-0.15, -0.1) is 0 Å². The lowest BCUT2D eigenvalue weighted by molar-refractivity contribution is -0.153. The van der Waals surface area contributed by atoms with Gasteiger partial charge in [0, 0.05) is 31.5 Å². The number of carbonyl (C=O) groups is 1. The molecule has 1 aromatic rings. The van der Waals surface area contributed by atoms with Crippen molar-refractivity contribution in [1.29, 1.82) is 0 Å². The smallest absolute Gasteiger partial charge is 0.302 e. The Morgan fingerprint density at radius 1 is 1.12 bits per heavy atom. The van der Waals surface area contributed by atoms with E-state index < -0.39 is 11.5 Å². The second-order valence-corrected chi connectivity index (χ2v) is 10.6. The molecule has 0 saturated heterocycles. The molecule has 0 aromatic heterocycles.